The predicted octanol–water partition coefficient (Wildman–Crippen LogP) is 1.44. The molecule has 0 spiro atoms. The summed E-state index contributed by atoms with van der Waals surface area (Å²) < 4.78 is 10.9. The molecule has 116 valence electrons. The molecule has 0 radical (unpaired) electrons. The highest BCUT2D eigenvalue weighted by molar-refractivity contribution is 5.45. The van der Waals surface area contributed by atoms with Crippen LogP contribution in [-0.4, -0.2) is 55.4 Å². The van der Waals surface area contributed by atoms with Gasteiger partial charge >= 0.3 is 0 Å². The lowest BCUT2D eigenvalue weighted by Gasteiger charge is -2.40. The average molecular weight is 291 g/mol. The van der Waals surface area contributed by atoms with Crippen LogP contribution in [0.3, 0.4) is 0 Å². The van der Waals surface area contributed by atoms with Crippen molar-refractivity contribution >= 4 is 0 Å². The van der Waals surface area contributed by atoms with Gasteiger partial charge in [-0.1, -0.05) is 6.07 Å². The summed E-state index contributed by atoms with van der Waals surface area (Å²) in [4.78, 5) is 5.00. The molecule has 2 heterocycles. The molecule has 0 saturated carbocycles. The van der Waals surface area contributed by atoms with Crippen molar-refractivity contribution in [2.45, 2.75) is 25.9 Å². The van der Waals surface area contributed by atoms with Crippen LogP contribution in [0.2, 0.25) is 0 Å². The summed E-state index contributed by atoms with van der Waals surface area (Å²) in [5.74, 6) is 1.67. The van der Waals surface area contributed by atoms with E-state index in [1.807, 2.05) is 6.07 Å². The molecule has 2 aliphatic heterocycles. The summed E-state index contributed by atoms with van der Waals surface area (Å²) >= 11 is 0. The maximum absolute atomic E-state index is 6.05. The molecule has 5 heteroatoms. The van der Waals surface area contributed by atoms with Crippen LogP contribution in [0, 0.1) is 0 Å². The molecule has 1 fully saturated rings. The topological polar surface area (TPSA) is 51.0 Å². The standard InChI is InChI=1S/C16H25N3O2/c1-12(2)18-5-7-19(8-6-18)14(10-17)13-3-4-15-16(9-13)21-11-20-15/h3-4,9,12,14H,5-8,10-11,17H2,1-2H3. The highest BCUT2D eigenvalue weighted by Crippen LogP contribution is 2.35. The molecule has 1 aromatic carbocycles. The summed E-state index contributed by atoms with van der Waals surface area (Å²) in [6.45, 7) is 9.81. The van der Waals surface area contributed by atoms with Gasteiger partial charge in [0.1, 0.15) is 0 Å². The Hall–Kier alpha value is -1.30. The molecule has 3 rings (SSSR count). The fraction of sp³-hybridized carbons (Fsp3) is 0.625. The van der Waals surface area contributed by atoms with Gasteiger partial charge in [0.25, 0.3) is 0 Å². The van der Waals surface area contributed by atoms with Gasteiger partial charge in [-0.2, -0.15) is 0 Å². The van der Waals surface area contributed by atoms with E-state index in [1.165, 1.54) is 5.56 Å². The number of rotatable bonds is 4. The average Bonchev–Trinajstić information content (AvgIpc) is 2.96. The second-order valence-corrected chi connectivity index (χ2v) is 6.03. The van der Waals surface area contributed by atoms with Gasteiger partial charge in [0, 0.05) is 44.8 Å². The zero-order chi connectivity index (χ0) is 14.8. The van der Waals surface area contributed by atoms with E-state index in [-0.39, 0.29) is 6.04 Å². The van der Waals surface area contributed by atoms with E-state index in [2.05, 4.69) is 35.8 Å². The Morgan fingerprint density at radius 2 is 1.71 bits per heavy atom. The highest BCUT2D eigenvalue weighted by atomic mass is 16.7. The number of nitrogens with zero attached hydrogens (tertiary/aromatic N) is 2. The summed E-state index contributed by atoms with van der Waals surface area (Å²) in [5.41, 5.74) is 7.27. The van der Waals surface area contributed by atoms with Crippen LogP contribution in [0.5, 0.6) is 11.5 Å². The zero-order valence-electron chi connectivity index (χ0n) is 12.9. The number of nitrogens with two attached hydrogens (primary N) is 1. The molecule has 1 atom stereocenters. The first kappa shape index (κ1) is 14.6. The number of ether oxygens (including phenoxy) is 2. The van der Waals surface area contributed by atoms with Gasteiger partial charge in [-0.15, -0.1) is 0 Å². The molecule has 0 amide bonds. The first-order valence-corrected chi connectivity index (χ1v) is 7.76. The molecule has 5 nitrogen and oxygen atoms in total. The number of hydrogen-bond acceptors (Lipinski definition) is 5. The molecular weight excluding hydrogens is 266 g/mol. The molecule has 1 unspecified atom stereocenters. The molecular formula is C16H25N3O2. The van der Waals surface area contributed by atoms with E-state index in [1.54, 1.807) is 0 Å². The Labute approximate surface area is 126 Å². The van der Waals surface area contributed by atoms with Crippen LogP contribution in [0.1, 0.15) is 25.5 Å². The van der Waals surface area contributed by atoms with E-state index < -0.39 is 0 Å². The van der Waals surface area contributed by atoms with Gasteiger partial charge in [0.05, 0.1) is 0 Å². The van der Waals surface area contributed by atoms with Crippen LogP contribution in [0.4, 0.5) is 0 Å². The van der Waals surface area contributed by atoms with Crippen molar-refractivity contribution < 1.29 is 9.47 Å². The van der Waals surface area contributed by atoms with Gasteiger partial charge in [0.2, 0.25) is 6.79 Å². The summed E-state index contributed by atoms with van der Waals surface area (Å²) in [7, 11) is 0. The van der Waals surface area contributed by atoms with Gasteiger partial charge in [-0.25, -0.2) is 0 Å². The third kappa shape index (κ3) is 3.00. The van der Waals surface area contributed by atoms with Crippen molar-refractivity contribution in [1.29, 1.82) is 0 Å². The Morgan fingerprint density at radius 1 is 1.05 bits per heavy atom. The second kappa shape index (κ2) is 6.22. The maximum atomic E-state index is 6.05. The Balaban J connectivity index is 1.71. The number of hydrogen-bond donors (Lipinski definition) is 1. The van der Waals surface area contributed by atoms with Gasteiger partial charge in [-0.3, -0.25) is 9.80 Å². The first-order chi connectivity index (χ1) is 10.2. The third-order valence-corrected chi connectivity index (χ3v) is 4.52. The second-order valence-electron chi connectivity index (χ2n) is 6.03. The van der Waals surface area contributed by atoms with Gasteiger partial charge in [-0.05, 0) is 31.5 Å². The minimum absolute atomic E-state index is 0.258. The van der Waals surface area contributed by atoms with E-state index in [9.17, 15) is 0 Å². The molecule has 2 N–H and O–H groups in total. The SMILES string of the molecule is CC(C)N1CCN(C(CN)c2ccc3c(c2)OCO3)CC1. The highest BCUT2D eigenvalue weighted by Gasteiger charge is 2.26. The van der Waals surface area contributed by atoms with Crippen LogP contribution in [-0.2, 0) is 0 Å². The Kier molecular flexibility index (Phi) is 4.33. The normalized spacial score (nSPS) is 21.0. The van der Waals surface area contributed by atoms with Crippen molar-refractivity contribution in [2.24, 2.45) is 5.73 Å². The first-order valence-electron chi connectivity index (χ1n) is 7.76. The van der Waals surface area contributed by atoms with E-state index in [0.717, 1.165) is 37.7 Å². The minimum atomic E-state index is 0.258. The molecule has 2 aliphatic rings. The summed E-state index contributed by atoms with van der Waals surface area (Å²) in [6, 6.07) is 7.06. The maximum Gasteiger partial charge on any atom is 0.231 e. The van der Waals surface area contributed by atoms with Crippen LogP contribution >= 0.6 is 0 Å². The van der Waals surface area contributed by atoms with E-state index in [4.69, 9.17) is 15.2 Å². The van der Waals surface area contributed by atoms with Crippen molar-refractivity contribution in [3.63, 3.8) is 0 Å². The lowest BCUT2D eigenvalue weighted by molar-refractivity contribution is 0.0802. The summed E-state index contributed by atoms with van der Waals surface area (Å²) in [5, 5.41) is 0. The fourth-order valence-corrected chi connectivity index (χ4v) is 3.18. The van der Waals surface area contributed by atoms with Crippen LogP contribution in [0.15, 0.2) is 18.2 Å². The number of benzene rings is 1. The minimum Gasteiger partial charge on any atom is -0.454 e. The van der Waals surface area contributed by atoms with Gasteiger partial charge in [0.15, 0.2) is 11.5 Å². The fourth-order valence-electron chi connectivity index (χ4n) is 3.18. The lowest BCUT2D eigenvalue weighted by atomic mass is 10.0. The molecule has 0 aromatic heterocycles. The molecule has 1 aromatic rings. The van der Waals surface area contributed by atoms with Gasteiger partial charge < -0.3 is 15.2 Å². The largest absolute Gasteiger partial charge is 0.454 e. The van der Waals surface area contributed by atoms with Crippen LogP contribution in [0.25, 0.3) is 0 Å². The predicted molar refractivity (Wildman–Crippen MR) is 82.6 cm³/mol. The molecule has 21 heavy (non-hydrogen) atoms. The van der Waals surface area contributed by atoms with Crippen molar-refractivity contribution in [2.75, 3.05) is 39.5 Å². The smallest absolute Gasteiger partial charge is 0.231 e. The van der Waals surface area contributed by atoms with Crippen molar-refractivity contribution in [1.82, 2.24) is 9.80 Å². The zero-order valence-corrected chi connectivity index (χ0v) is 12.9. The monoisotopic (exact) mass is 291 g/mol. The van der Waals surface area contributed by atoms with E-state index >= 15 is 0 Å². The molecule has 0 aliphatic carbocycles. The quantitative estimate of drug-likeness (QED) is 0.910. The molecule has 0 bridgehead atoms. The summed E-state index contributed by atoms with van der Waals surface area (Å²) in [6.07, 6.45) is 0. The van der Waals surface area contributed by atoms with Crippen molar-refractivity contribution in [3.8, 4) is 11.5 Å². The molecule has 1 saturated heterocycles. The van der Waals surface area contributed by atoms with Crippen molar-refractivity contribution in [3.05, 3.63) is 23.8 Å². The number of piperazine rings is 1. The Morgan fingerprint density at radius 3 is 2.38 bits per heavy atom. The Bertz CT molecular complexity index is 484. The van der Waals surface area contributed by atoms with Crippen LogP contribution < -0.4 is 15.2 Å². The third-order valence-electron chi connectivity index (χ3n) is 4.52. The number of fused-ring (bicyclic) bond motifs is 1. The van der Waals surface area contributed by atoms with E-state index in [0.29, 0.717) is 19.4 Å². The lowest BCUT2D eigenvalue weighted by Crippen LogP contribution is -2.50.